The molecule has 1 N–H and O–H groups in total. The molecule has 0 aromatic heterocycles. The number of nitrogens with zero attached hydrogens (tertiary/aromatic N) is 1. The summed E-state index contributed by atoms with van der Waals surface area (Å²) in [5.74, 6) is -1.60. The van der Waals surface area contributed by atoms with Crippen LogP contribution in [-0.4, -0.2) is 17.0 Å². The minimum absolute atomic E-state index is 0.0439. The summed E-state index contributed by atoms with van der Waals surface area (Å²) in [7, 11) is 0. The maximum atomic E-state index is 12.9. The molecule has 1 fully saturated rings. The van der Waals surface area contributed by atoms with E-state index < -0.39 is 23.3 Å². The van der Waals surface area contributed by atoms with Crippen LogP contribution in [0.2, 0.25) is 0 Å². The van der Waals surface area contributed by atoms with Gasteiger partial charge in [-0.15, -0.1) is 0 Å². The van der Waals surface area contributed by atoms with Gasteiger partial charge >= 0.3 is 5.97 Å². The lowest BCUT2D eigenvalue weighted by Crippen LogP contribution is -2.53. The van der Waals surface area contributed by atoms with E-state index >= 15 is 0 Å². The molecular weight excluding hydrogens is 302 g/mol. The highest BCUT2D eigenvalue weighted by Crippen LogP contribution is 2.48. The molecule has 0 spiro atoms. The van der Waals surface area contributed by atoms with E-state index in [0.717, 1.165) is 11.3 Å². The number of para-hydroxylation sites is 1. The summed E-state index contributed by atoms with van der Waals surface area (Å²) in [5, 5.41) is 9.92. The van der Waals surface area contributed by atoms with Gasteiger partial charge in [0.05, 0.1) is 12.0 Å². The van der Waals surface area contributed by atoms with Crippen LogP contribution in [0.5, 0.6) is 0 Å². The van der Waals surface area contributed by atoms with Crippen molar-refractivity contribution in [1.29, 1.82) is 0 Å². The normalized spacial score (nSPS) is 23.1. The van der Waals surface area contributed by atoms with Crippen LogP contribution in [0, 0.1) is 11.3 Å². The zero-order valence-corrected chi connectivity index (χ0v) is 13.8. The van der Waals surface area contributed by atoms with E-state index in [-0.39, 0.29) is 12.3 Å². The molecule has 4 heteroatoms. The molecule has 2 aromatic carbocycles. The summed E-state index contributed by atoms with van der Waals surface area (Å²) < 4.78 is 0. The monoisotopic (exact) mass is 323 g/mol. The van der Waals surface area contributed by atoms with Crippen LogP contribution >= 0.6 is 0 Å². The van der Waals surface area contributed by atoms with Crippen molar-refractivity contribution in [2.24, 2.45) is 11.3 Å². The Morgan fingerprint density at radius 1 is 1.04 bits per heavy atom. The predicted molar refractivity (Wildman–Crippen MR) is 92.6 cm³/mol. The van der Waals surface area contributed by atoms with Crippen LogP contribution in [-0.2, 0) is 9.59 Å². The van der Waals surface area contributed by atoms with Crippen LogP contribution in [0.15, 0.2) is 60.7 Å². The van der Waals surface area contributed by atoms with Crippen molar-refractivity contribution in [3.8, 4) is 0 Å². The van der Waals surface area contributed by atoms with Gasteiger partial charge in [0.15, 0.2) is 0 Å². The third-order valence-corrected chi connectivity index (χ3v) is 4.75. The summed E-state index contributed by atoms with van der Waals surface area (Å²) in [6.45, 7) is 3.73. The quantitative estimate of drug-likeness (QED) is 0.932. The Kier molecular flexibility index (Phi) is 4.14. The molecule has 1 aliphatic rings. The smallest absolute Gasteiger partial charge is 0.309 e. The third-order valence-electron chi connectivity index (χ3n) is 4.75. The number of piperidine rings is 1. The van der Waals surface area contributed by atoms with Crippen molar-refractivity contribution in [3.05, 3.63) is 66.2 Å². The molecule has 0 radical (unpaired) electrons. The highest BCUT2D eigenvalue weighted by molar-refractivity contribution is 5.97. The first-order valence-electron chi connectivity index (χ1n) is 8.07. The molecule has 0 bridgehead atoms. The highest BCUT2D eigenvalue weighted by atomic mass is 16.4. The van der Waals surface area contributed by atoms with E-state index in [1.165, 1.54) is 0 Å². The SMILES string of the molecule is CC1(C)CC(=O)N(c2ccccc2)[C@H](c2ccccc2)[C@H]1C(=O)O. The fourth-order valence-corrected chi connectivity index (χ4v) is 3.67. The summed E-state index contributed by atoms with van der Waals surface area (Å²) in [4.78, 5) is 26.6. The Hall–Kier alpha value is -2.62. The van der Waals surface area contributed by atoms with Crippen LogP contribution in [0.25, 0.3) is 0 Å². The van der Waals surface area contributed by atoms with Crippen molar-refractivity contribution < 1.29 is 14.7 Å². The molecule has 0 unspecified atom stereocenters. The first-order valence-corrected chi connectivity index (χ1v) is 8.07. The van der Waals surface area contributed by atoms with Crippen LogP contribution in [0.3, 0.4) is 0 Å². The molecule has 2 aromatic rings. The van der Waals surface area contributed by atoms with Gasteiger partial charge < -0.3 is 10.0 Å². The molecule has 3 rings (SSSR count). The Morgan fingerprint density at radius 2 is 1.58 bits per heavy atom. The van der Waals surface area contributed by atoms with Crippen molar-refractivity contribution in [3.63, 3.8) is 0 Å². The van der Waals surface area contributed by atoms with Gasteiger partial charge in [0, 0.05) is 12.1 Å². The van der Waals surface area contributed by atoms with E-state index in [1.54, 1.807) is 4.90 Å². The molecule has 1 amide bonds. The number of hydrogen-bond donors (Lipinski definition) is 1. The first kappa shape index (κ1) is 16.2. The minimum atomic E-state index is -0.873. The van der Waals surface area contributed by atoms with Crippen molar-refractivity contribution in [2.75, 3.05) is 4.90 Å². The summed E-state index contributed by atoms with van der Waals surface area (Å²) in [6, 6.07) is 18.2. The maximum absolute atomic E-state index is 12.9. The molecule has 0 aliphatic carbocycles. The van der Waals surface area contributed by atoms with E-state index in [2.05, 4.69) is 0 Å². The number of carboxylic acid groups (broad SMARTS) is 1. The van der Waals surface area contributed by atoms with Crippen LogP contribution in [0.4, 0.5) is 5.69 Å². The second-order valence-electron chi connectivity index (χ2n) is 6.94. The van der Waals surface area contributed by atoms with Crippen LogP contribution < -0.4 is 4.90 Å². The zero-order valence-electron chi connectivity index (χ0n) is 13.8. The molecule has 4 nitrogen and oxygen atoms in total. The van der Waals surface area contributed by atoms with Crippen molar-refractivity contribution in [2.45, 2.75) is 26.3 Å². The van der Waals surface area contributed by atoms with Gasteiger partial charge in [0.25, 0.3) is 0 Å². The Balaban J connectivity index is 2.18. The largest absolute Gasteiger partial charge is 0.481 e. The number of carbonyl (C=O) groups is 2. The topological polar surface area (TPSA) is 57.6 Å². The molecule has 2 atom stereocenters. The summed E-state index contributed by atoms with van der Waals surface area (Å²) in [6.07, 6.45) is 0.211. The van der Waals surface area contributed by atoms with Gasteiger partial charge in [-0.2, -0.15) is 0 Å². The predicted octanol–water partition coefficient (Wildman–Crippen LogP) is 3.89. The Morgan fingerprint density at radius 3 is 2.12 bits per heavy atom. The van der Waals surface area contributed by atoms with Crippen molar-refractivity contribution in [1.82, 2.24) is 0 Å². The molecular formula is C20H21NO3. The van der Waals surface area contributed by atoms with Gasteiger partial charge in [-0.3, -0.25) is 9.59 Å². The summed E-state index contributed by atoms with van der Waals surface area (Å²) in [5.41, 5.74) is 0.960. The highest BCUT2D eigenvalue weighted by Gasteiger charge is 2.51. The molecule has 0 saturated carbocycles. The van der Waals surface area contributed by atoms with Gasteiger partial charge in [0.1, 0.15) is 0 Å². The number of rotatable bonds is 3. The standard InChI is InChI=1S/C20H21NO3/c1-20(2)13-16(22)21(15-11-7-4-8-12-15)18(17(20)19(23)24)14-9-5-3-6-10-14/h3-12,17-18H,13H2,1-2H3,(H,23,24)/t17-,18+/m0/s1. The van der Waals surface area contributed by atoms with Gasteiger partial charge in [-0.1, -0.05) is 62.4 Å². The molecule has 1 saturated heterocycles. The van der Waals surface area contributed by atoms with Gasteiger partial charge in [-0.05, 0) is 23.1 Å². The Labute approximate surface area is 141 Å². The fourth-order valence-electron chi connectivity index (χ4n) is 3.67. The maximum Gasteiger partial charge on any atom is 0.309 e. The summed E-state index contributed by atoms with van der Waals surface area (Å²) >= 11 is 0. The molecule has 1 heterocycles. The number of aliphatic carboxylic acids is 1. The molecule has 1 aliphatic heterocycles. The number of carbonyl (C=O) groups excluding carboxylic acids is 1. The Bertz CT molecular complexity index is 740. The average Bonchev–Trinajstić information content (AvgIpc) is 2.54. The van der Waals surface area contributed by atoms with E-state index in [1.807, 2.05) is 74.5 Å². The van der Waals surface area contributed by atoms with E-state index in [0.29, 0.717) is 0 Å². The second kappa shape index (κ2) is 6.11. The van der Waals surface area contributed by atoms with E-state index in [9.17, 15) is 14.7 Å². The van der Waals surface area contributed by atoms with Gasteiger partial charge in [-0.25, -0.2) is 0 Å². The number of benzene rings is 2. The number of carboxylic acids is 1. The van der Waals surface area contributed by atoms with Gasteiger partial charge in [0.2, 0.25) is 5.91 Å². The first-order chi connectivity index (χ1) is 11.4. The lowest BCUT2D eigenvalue weighted by atomic mass is 9.67. The minimum Gasteiger partial charge on any atom is -0.481 e. The zero-order chi connectivity index (χ0) is 17.3. The lowest BCUT2D eigenvalue weighted by molar-refractivity contribution is -0.150. The second-order valence-corrected chi connectivity index (χ2v) is 6.94. The number of amides is 1. The third kappa shape index (κ3) is 2.80. The number of anilines is 1. The number of hydrogen-bond acceptors (Lipinski definition) is 2. The lowest BCUT2D eigenvalue weighted by Gasteiger charge is -2.47. The van der Waals surface area contributed by atoms with Crippen molar-refractivity contribution >= 4 is 17.6 Å². The van der Waals surface area contributed by atoms with Crippen LogP contribution in [0.1, 0.15) is 31.9 Å². The fraction of sp³-hybridized carbons (Fsp3) is 0.300. The average molecular weight is 323 g/mol. The van der Waals surface area contributed by atoms with E-state index in [4.69, 9.17) is 0 Å². The molecule has 24 heavy (non-hydrogen) atoms. The molecule has 124 valence electrons.